The molecule has 0 fully saturated rings. The van der Waals surface area contributed by atoms with E-state index in [-0.39, 0.29) is 0 Å². The van der Waals surface area contributed by atoms with Gasteiger partial charge in [-0.2, -0.15) is 0 Å². The Morgan fingerprint density at radius 2 is 1.84 bits per heavy atom. The minimum absolute atomic E-state index is 0.945. The molecule has 0 bridgehead atoms. The van der Waals surface area contributed by atoms with Crippen molar-refractivity contribution < 1.29 is 0 Å². The molecular weight excluding hydrogens is 300 g/mol. The zero-order chi connectivity index (χ0) is 13.1. The summed E-state index contributed by atoms with van der Waals surface area (Å²) in [5, 5.41) is 3.48. The van der Waals surface area contributed by atoms with Gasteiger partial charge >= 0.3 is 0 Å². The van der Waals surface area contributed by atoms with Crippen LogP contribution in [0.1, 0.15) is 11.1 Å². The van der Waals surface area contributed by atoms with Gasteiger partial charge in [0.2, 0.25) is 0 Å². The van der Waals surface area contributed by atoms with Gasteiger partial charge in [0, 0.05) is 36.3 Å². The van der Waals surface area contributed by atoms with E-state index in [4.69, 9.17) is 0 Å². The van der Waals surface area contributed by atoms with E-state index in [0.717, 1.165) is 26.2 Å². The topological polar surface area (TPSA) is 15.3 Å². The highest BCUT2D eigenvalue weighted by Crippen LogP contribution is 2.26. The predicted octanol–water partition coefficient (Wildman–Crippen LogP) is 3.56. The van der Waals surface area contributed by atoms with Crippen molar-refractivity contribution in [2.24, 2.45) is 0 Å². The number of hydrogen-bond donors (Lipinski definition) is 1. The Bertz CT molecular complexity index is 568. The molecule has 0 spiro atoms. The van der Waals surface area contributed by atoms with Gasteiger partial charge in [0.05, 0.1) is 0 Å². The van der Waals surface area contributed by atoms with Crippen LogP contribution in [-0.2, 0) is 13.1 Å². The zero-order valence-electron chi connectivity index (χ0n) is 10.8. The smallest absolute Gasteiger partial charge is 0.0441 e. The summed E-state index contributed by atoms with van der Waals surface area (Å²) in [5.41, 5.74) is 4.06. The summed E-state index contributed by atoms with van der Waals surface area (Å²) in [6.07, 6.45) is 0. The number of anilines is 1. The first-order chi connectivity index (χ1) is 9.34. The third kappa shape index (κ3) is 2.82. The maximum Gasteiger partial charge on any atom is 0.0441 e. The number of halogens is 1. The fraction of sp³-hybridized carbons (Fsp3) is 0.250. The Labute approximate surface area is 122 Å². The van der Waals surface area contributed by atoms with Gasteiger partial charge in [0.1, 0.15) is 0 Å². The molecule has 19 heavy (non-hydrogen) atoms. The molecule has 3 rings (SSSR count). The number of nitrogens with one attached hydrogen (secondary N) is 1. The van der Waals surface area contributed by atoms with E-state index in [2.05, 4.69) is 74.7 Å². The Morgan fingerprint density at radius 1 is 1.05 bits per heavy atom. The van der Waals surface area contributed by atoms with Gasteiger partial charge in [-0.15, -0.1) is 0 Å². The van der Waals surface area contributed by atoms with Gasteiger partial charge in [-0.05, 0) is 23.3 Å². The summed E-state index contributed by atoms with van der Waals surface area (Å²) in [6, 6.07) is 17.1. The average molecular weight is 317 g/mol. The van der Waals surface area contributed by atoms with Crippen molar-refractivity contribution in [2.75, 3.05) is 18.0 Å². The minimum Gasteiger partial charge on any atom is -0.366 e. The number of fused-ring (bicyclic) bond motifs is 1. The summed E-state index contributed by atoms with van der Waals surface area (Å²) in [7, 11) is 0. The first-order valence-corrected chi connectivity index (χ1v) is 7.41. The first kappa shape index (κ1) is 12.7. The fourth-order valence-corrected chi connectivity index (χ4v) is 2.93. The average Bonchev–Trinajstić information content (AvgIpc) is 2.64. The zero-order valence-corrected chi connectivity index (χ0v) is 12.4. The maximum atomic E-state index is 3.64. The molecule has 3 heteroatoms. The van der Waals surface area contributed by atoms with E-state index in [1.54, 1.807) is 0 Å². The van der Waals surface area contributed by atoms with Crippen LogP contribution in [0.4, 0.5) is 5.69 Å². The fourth-order valence-electron chi connectivity index (χ4n) is 2.52. The minimum atomic E-state index is 0.945. The number of benzene rings is 2. The summed E-state index contributed by atoms with van der Waals surface area (Å²) in [5.74, 6) is 0. The van der Waals surface area contributed by atoms with Crippen LogP contribution >= 0.6 is 15.9 Å². The molecule has 98 valence electrons. The second-order valence-electron chi connectivity index (χ2n) is 4.82. The second kappa shape index (κ2) is 5.76. The lowest BCUT2D eigenvalue weighted by atomic mass is 10.1. The van der Waals surface area contributed by atoms with Gasteiger partial charge in [-0.1, -0.05) is 52.3 Å². The lowest BCUT2D eigenvalue weighted by molar-refractivity contribution is 0.688. The summed E-state index contributed by atoms with van der Waals surface area (Å²) in [6.45, 7) is 3.97. The quantitative estimate of drug-likeness (QED) is 0.911. The van der Waals surface area contributed by atoms with Gasteiger partial charge in [0.15, 0.2) is 0 Å². The van der Waals surface area contributed by atoms with Gasteiger partial charge in [-0.3, -0.25) is 0 Å². The molecule has 0 aromatic heterocycles. The van der Waals surface area contributed by atoms with Crippen LogP contribution in [0.5, 0.6) is 0 Å². The van der Waals surface area contributed by atoms with Crippen LogP contribution in [0.15, 0.2) is 53.0 Å². The molecule has 2 aromatic rings. The Hall–Kier alpha value is -1.32. The van der Waals surface area contributed by atoms with E-state index in [1.165, 1.54) is 21.3 Å². The van der Waals surface area contributed by atoms with Gasteiger partial charge < -0.3 is 10.2 Å². The van der Waals surface area contributed by atoms with Crippen molar-refractivity contribution in [1.82, 2.24) is 5.32 Å². The Morgan fingerprint density at radius 3 is 2.74 bits per heavy atom. The first-order valence-electron chi connectivity index (χ1n) is 6.61. The standard InChI is InChI=1S/C16H17BrN2/c17-15-7-3-1-6-14(15)12-19-10-9-18-11-13-5-2-4-8-16(13)19/h1-8,18H,9-12H2. The third-order valence-corrected chi connectivity index (χ3v) is 4.30. The molecule has 1 heterocycles. The van der Waals surface area contributed by atoms with Crippen LogP contribution in [0.25, 0.3) is 0 Å². The van der Waals surface area contributed by atoms with E-state index < -0.39 is 0 Å². The van der Waals surface area contributed by atoms with E-state index in [0.29, 0.717) is 0 Å². The molecule has 1 N–H and O–H groups in total. The molecule has 0 unspecified atom stereocenters. The van der Waals surface area contributed by atoms with Crippen molar-refractivity contribution >= 4 is 21.6 Å². The van der Waals surface area contributed by atoms with Crippen molar-refractivity contribution in [3.63, 3.8) is 0 Å². The molecule has 1 aliphatic heterocycles. The van der Waals surface area contributed by atoms with Crippen LogP contribution in [-0.4, -0.2) is 13.1 Å². The molecule has 0 saturated carbocycles. The van der Waals surface area contributed by atoms with Crippen LogP contribution in [0.3, 0.4) is 0 Å². The summed E-state index contributed by atoms with van der Waals surface area (Å²) < 4.78 is 1.18. The molecule has 0 saturated heterocycles. The molecule has 2 aromatic carbocycles. The highest BCUT2D eigenvalue weighted by atomic mass is 79.9. The third-order valence-electron chi connectivity index (χ3n) is 3.53. The van der Waals surface area contributed by atoms with E-state index in [1.807, 2.05) is 0 Å². The molecule has 0 radical (unpaired) electrons. The lowest BCUT2D eigenvalue weighted by Gasteiger charge is -2.25. The largest absolute Gasteiger partial charge is 0.366 e. The predicted molar refractivity (Wildman–Crippen MR) is 83.3 cm³/mol. The van der Waals surface area contributed by atoms with Gasteiger partial charge in [-0.25, -0.2) is 0 Å². The molecule has 0 aliphatic carbocycles. The van der Waals surface area contributed by atoms with Gasteiger partial charge in [0.25, 0.3) is 0 Å². The monoisotopic (exact) mass is 316 g/mol. The molecular formula is C16H17BrN2. The van der Waals surface area contributed by atoms with Crippen molar-refractivity contribution in [2.45, 2.75) is 13.1 Å². The molecule has 1 aliphatic rings. The highest BCUT2D eigenvalue weighted by Gasteiger charge is 2.15. The summed E-state index contributed by atoms with van der Waals surface area (Å²) >= 11 is 3.64. The van der Waals surface area contributed by atoms with Crippen LogP contribution < -0.4 is 10.2 Å². The maximum absolute atomic E-state index is 3.64. The Kier molecular flexibility index (Phi) is 3.85. The lowest BCUT2D eigenvalue weighted by Crippen LogP contribution is -2.28. The highest BCUT2D eigenvalue weighted by molar-refractivity contribution is 9.10. The van der Waals surface area contributed by atoms with Crippen molar-refractivity contribution in [3.05, 3.63) is 64.1 Å². The molecule has 0 amide bonds. The molecule has 2 nitrogen and oxygen atoms in total. The van der Waals surface area contributed by atoms with Crippen molar-refractivity contribution in [3.8, 4) is 0 Å². The Balaban J connectivity index is 1.91. The number of para-hydroxylation sites is 1. The van der Waals surface area contributed by atoms with Crippen LogP contribution in [0.2, 0.25) is 0 Å². The SMILES string of the molecule is Brc1ccccc1CN1CCNCc2ccccc21. The van der Waals surface area contributed by atoms with E-state index >= 15 is 0 Å². The number of hydrogen-bond acceptors (Lipinski definition) is 2. The second-order valence-corrected chi connectivity index (χ2v) is 5.67. The number of rotatable bonds is 2. The summed E-state index contributed by atoms with van der Waals surface area (Å²) in [4.78, 5) is 2.45. The van der Waals surface area contributed by atoms with Crippen LogP contribution in [0, 0.1) is 0 Å². The van der Waals surface area contributed by atoms with E-state index in [9.17, 15) is 0 Å². The normalized spacial score (nSPS) is 14.9. The molecule has 0 atom stereocenters. The van der Waals surface area contributed by atoms with Crippen molar-refractivity contribution in [1.29, 1.82) is 0 Å². The number of nitrogens with zero attached hydrogens (tertiary/aromatic N) is 1.